The number of rotatable bonds is 6. The molecular weight excluding hydrogens is 562 g/mol. The molecule has 220 valence electrons. The third kappa shape index (κ3) is 4.44. The summed E-state index contributed by atoms with van der Waals surface area (Å²) in [4.78, 5) is 48.0. The van der Waals surface area contributed by atoms with Crippen molar-refractivity contribution in [3.05, 3.63) is 107 Å². The van der Waals surface area contributed by atoms with Gasteiger partial charge in [-0.3, -0.25) is 23.3 Å². The average molecular weight is 596 g/mol. The number of likely N-dealkylation sites (N-methyl/N-ethyl adjacent to an activating group) is 1. The summed E-state index contributed by atoms with van der Waals surface area (Å²) in [5, 5.41) is 1.88. The van der Waals surface area contributed by atoms with Gasteiger partial charge in [-0.2, -0.15) is 0 Å². The first kappa shape index (κ1) is 28.4. The molecule has 6 rings (SSSR count). The maximum absolute atomic E-state index is 14.3. The number of carbonyl (C=O) groups is 1. The van der Waals surface area contributed by atoms with E-state index in [9.17, 15) is 14.4 Å². The number of hydrogen-bond donors (Lipinski definition) is 0. The number of methoxy groups -OCH3 is 1. The molecule has 10 heteroatoms. The van der Waals surface area contributed by atoms with Crippen LogP contribution in [0.3, 0.4) is 0 Å². The van der Waals surface area contributed by atoms with Crippen molar-refractivity contribution in [1.29, 1.82) is 0 Å². The number of aryl methyl sites for hydroxylation is 2. The van der Waals surface area contributed by atoms with Crippen LogP contribution in [0.1, 0.15) is 37.9 Å². The molecule has 0 saturated heterocycles. The number of benzene rings is 3. The van der Waals surface area contributed by atoms with Gasteiger partial charge in [0.15, 0.2) is 4.80 Å². The fraction of sp³-hybridized carbons (Fsp3) is 0.273. The highest BCUT2D eigenvalue weighted by Gasteiger charge is 2.36. The van der Waals surface area contributed by atoms with Crippen molar-refractivity contribution < 1.29 is 9.53 Å². The van der Waals surface area contributed by atoms with E-state index in [-0.39, 0.29) is 17.2 Å². The number of allylic oxidation sites excluding steroid dienone is 1. The summed E-state index contributed by atoms with van der Waals surface area (Å²) in [6.45, 7) is 6.78. The molecular formula is C33H33N5O4S. The molecule has 0 radical (unpaired) electrons. The van der Waals surface area contributed by atoms with E-state index in [1.165, 1.54) is 11.3 Å². The third-order valence-corrected chi connectivity index (χ3v) is 9.30. The molecule has 1 unspecified atom stereocenters. The summed E-state index contributed by atoms with van der Waals surface area (Å²) in [6.07, 6.45) is 1.82. The molecule has 0 N–H and O–H groups in total. The zero-order valence-electron chi connectivity index (χ0n) is 25.0. The lowest BCUT2D eigenvalue weighted by Crippen LogP contribution is -2.43. The van der Waals surface area contributed by atoms with E-state index >= 15 is 0 Å². The first-order valence-corrected chi connectivity index (χ1v) is 15.0. The lowest BCUT2D eigenvalue weighted by Gasteiger charge is -2.30. The zero-order chi connectivity index (χ0) is 30.6. The standard InChI is InChI=1S/C33H33N5O4S/c1-7-37(8-2)31(40)27-19(3)34-32-38(29(27)28-22-12-10-9-11-21(22)14-16-25(28)42-6)30(39)26(43-32)18-20-13-15-23-24(17-20)36(5)33(41)35(23)4/h9-18,29H,7-8H2,1-6H3/b26-18-. The van der Waals surface area contributed by atoms with Gasteiger partial charge in [0.1, 0.15) is 11.8 Å². The van der Waals surface area contributed by atoms with E-state index in [1.807, 2.05) is 81.4 Å². The molecule has 0 bridgehead atoms. The number of hydrogen-bond acceptors (Lipinski definition) is 6. The van der Waals surface area contributed by atoms with Crippen molar-refractivity contribution in [2.45, 2.75) is 26.8 Å². The number of amides is 1. The molecule has 3 aromatic carbocycles. The van der Waals surface area contributed by atoms with Gasteiger partial charge < -0.3 is 9.64 Å². The van der Waals surface area contributed by atoms with Crippen molar-refractivity contribution in [2.24, 2.45) is 19.1 Å². The van der Waals surface area contributed by atoms with Crippen LogP contribution in [0.4, 0.5) is 0 Å². The number of thiazole rings is 1. The van der Waals surface area contributed by atoms with E-state index in [4.69, 9.17) is 9.73 Å². The molecule has 0 aliphatic carbocycles. The minimum absolute atomic E-state index is 0.114. The molecule has 5 aromatic rings. The molecule has 1 aliphatic heterocycles. The Hall–Kier alpha value is -4.70. The molecule has 0 spiro atoms. The molecule has 1 amide bonds. The Kier molecular flexibility index (Phi) is 7.17. The van der Waals surface area contributed by atoms with Crippen molar-refractivity contribution in [3.63, 3.8) is 0 Å². The summed E-state index contributed by atoms with van der Waals surface area (Å²) in [5.41, 5.74) is 3.79. The monoisotopic (exact) mass is 595 g/mol. The Labute approximate surface area is 251 Å². The summed E-state index contributed by atoms with van der Waals surface area (Å²) >= 11 is 1.28. The predicted octanol–water partition coefficient (Wildman–Crippen LogP) is 3.46. The van der Waals surface area contributed by atoms with Crippen LogP contribution in [0.2, 0.25) is 0 Å². The highest BCUT2D eigenvalue weighted by molar-refractivity contribution is 7.07. The topological polar surface area (TPSA) is 90.8 Å². The number of nitrogens with zero attached hydrogens (tertiary/aromatic N) is 5. The first-order chi connectivity index (χ1) is 20.7. The number of fused-ring (bicyclic) bond motifs is 3. The molecule has 0 fully saturated rings. The second kappa shape index (κ2) is 10.9. The van der Waals surface area contributed by atoms with Crippen LogP contribution in [0, 0.1) is 0 Å². The summed E-state index contributed by atoms with van der Waals surface area (Å²) in [7, 11) is 5.08. The van der Waals surface area contributed by atoms with Gasteiger partial charge in [0.05, 0.1) is 33.9 Å². The van der Waals surface area contributed by atoms with Gasteiger partial charge in [-0.05, 0) is 61.4 Å². The quantitative estimate of drug-likeness (QED) is 0.301. The summed E-state index contributed by atoms with van der Waals surface area (Å²) < 4.78 is 11.2. The fourth-order valence-corrected chi connectivity index (χ4v) is 7.10. The van der Waals surface area contributed by atoms with Crippen LogP contribution in [0.15, 0.2) is 80.4 Å². The molecule has 1 aliphatic rings. The summed E-state index contributed by atoms with van der Waals surface area (Å²) in [6, 6.07) is 16.7. The van der Waals surface area contributed by atoms with Crippen LogP contribution >= 0.6 is 11.3 Å². The zero-order valence-corrected chi connectivity index (χ0v) is 25.9. The molecule has 2 aromatic heterocycles. The van der Waals surface area contributed by atoms with Gasteiger partial charge in [0, 0.05) is 32.7 Å². The predicted molar refractivity (Wildman–Crippen MR) is 170 cm³/mol. The van der Waals surface area contributed by atoms with Gasteiger partial charge in [0.2, 0.25) is 0 Å². The van der Waals surface area contributed by atoms with Crippen LogP contribution in [-0.2, 0) is 18.9 Å². The molecule has 3 heterocycles. The number of imidazole rings is 1. The Bertz CT molecular complexity index is 2210. The molecule has 1 atom stereocenters. The van der Waals surface area contributed by atoms with Crippen molar-refractivity contribution in [1.82, 2.24) is 18.6 Å². The van der Waals surface area contributed by atoms with Crippen LogP contribution < -0.4 is 25.3 Å². The molecule has 0 saturated carbocycles. The number of carbonyl (C=O) groups excluding carboxylic acids is 1. The Morgan fingerprint density at radius 2 is 1.74 bits per heavy atom. The minimum atomic E-state index is -0.745. The molecule has 43 heavy (non-hydrogen) atoms. The second-order valence-corrected chi connectivity index (χ2v) is 11.6. The number of aromatic nitrogens is 3. The first-order valence-electron chi connectivity index (χ1n) is 14.2. The Morgan fingerprint density at radius 3 is 2.47 bits per heavy atom. The third-order valence-electron chi connectivity index (χ3n) is 8.32. The van der Waals surface area contributed by atoms with E-state index in [0.29, 0.717) is 39.4 Å². The van der Waals surface area contributed by atoms with Crippen LogP contribution in [0.25, 0.3) is 27.9 Å². The fourth-order valence-electron chi connectivity index (χ4n) is 6.05. The Morgan fingerprint density at radius 1 is 1.02 bits per heavy atom. The largest absolute Gasteiger partial charge is 0.496 e. The maximum atomic E-state index is 14.3. The van der Waals surface area contributed by atoms with Crippen molar-refractivity contribution in [2.75, 3.05) is 20.2 Å². The SMILES string of the molecule is CCN(CC)C(=O)C1=C(C)N=c2s/c(=C\c3ccc4c(c3)n(C)c(=O)n4C)c(=O)n2C1c1c(OC)ccc2ccccc12. The smallest absolute Gasteiger partial charge is 0.328 e. The molecule has 9 nitrogen and oxygen atoms in total. The van der Waals surface area contributed by atoms with E-state index in [1.54, 1.807) is 39.8 Å². The lowest BCUT2D eigenvalue weighted by atomic mass is 9.90. The average Bonchev–Trinajstić information content (AvgIpc) is 3.43. The van der Waals surface area contributed by atoms with E-state index < -0.39 is 6.04 Å². The maximum Gasteiger partial charge on any atom is 0.328 e. The van der Waals surface area contributed by atoms with Crippen LogP contribution in [-0.4, -0.2) is 44.7 Å². The van der Waals surface area contributed by atoms with Gasteiger partial charge in [-0.25, -0.2) is 9.79 Å². The Balaban J connectivity index is 1.65. The van der Waals surface area contributed by atoms with Crippen LogP contribution in [0.5, 0.6) is 5.75 Å². The lowest BCUT2D eigenvalue weighted by molar-refractivity contribution is -0.127. The number of ether oxygens (including phenoxy) is 1. The summed E-state index contributed by atoms with van der Waals surface area (Å²) in [5.74, 6) is 0.434. The second-order valence-electron chi connectivity index (χ2n) is 10.6. The van der Waals surface area contributed by atoms with Crippen molar-refractivity contribution >= 4 is 45.1 Å². The highest BCUT2D eigenvalue weighted by Crippen LogP contribution is 2.40. The van der Waals surface area contributed by atoms with E-state index in [0.717, 1.165) is 32.9 Å². The minimum Gasteiger partial charge on any atom is -0.496 e. The van der Waals surface area contributed by atoms with Gasteiger partial charge in [-0.15, -0.1) is 0 Å². The van der Waals surface area contributed by atoms with Gasteiger partial charge in [0.25, 0.3) is 11.5 Å². The van der Waals surface area contributed by atoms with Gasteiger partial charge >= 0.3 is 5.69 Å². The van der Waals surface area contributed by atoms with E-state index in [2.05, 4.69) is 0 Å². The normalized spacial score (nSPS) is 15.2. The van der Waals surface area contributed by atoms with Gasteiger partial charge in [-0.1, -0.05) is 47.7 Å². The van der Waals surface area contributed by atoms with Crippen molar-refractivity contribution in [3.8, 4) is 5.75 Å². The highest BCUT2D eigenvalue weighted by atomic mass is 32.1.